The Hall–Kier alpha value is -9.12. The summed E-state index contributed by atoms with van der Waals surface area (Å²) < 4.78 is 5.18. The van der Waals surface area contributed by atoms with Crippen LogP contribution < -0.4 is 20.7 Å². The van der Waals surface area contributed by atoms with E-state index in [-0.39, 0.29) is 0 Å². The molecule has 0 bridgehead atoms. The fourth-order valence-corrected chi connectivity index (χ4v) is 18.7. The van der Waals surface area contributed by atoms with Crippen molar-refractivity contribution in [1.82, 2.24) is 4.57 Å². The third-order valence-electron chi connectivity index (χ3n) is 15.9. The van der Waals surface area contributed by atoms with E-state index < -0.39 is 8.07 Å². The van der Waals surface area contributed by atoms with Crippen molar-refractivity contribution in [3.63, 3.8) is 0 Å². The van der Waals surface area contributed by atoms with Crippen molar-refractivity contribution in [1.29, 1.82) is 0 Å². The lowest BCUT2D eigenvalue weighted by Gasteiger charge is -2.32. The number of nitrogens with zero attached hydrogens (tertiary/aromatic N) is 1. The zero-order chi connectivity index (χ0) is 49.5. The van der Waals surface area contributed by atoms with Gasteiger partial charge < -0.3 is 4.57 Å². The molecule has 0 spiro atoms. The van der Waals surface area contributed by atoms with Crippen LogP contribution in [0.3, 0.4) is 0 Å². The van der Waals surface area contributed by atoms with Crippen LogP contribution in [-0.4, -0.2) is 12.6 Å². The van der Waals surface area contributed by atoms with Gasteiger partial charge >= 0.3 is 0 Å². The highest BCUT2D eigenvalue weighted by atomic mass is 32.1. The van der Waals surface area contributed by atoms with E-state index in [0.29, 0.717) is 0 Å². The zero-order valence-corrected chi connectivity index (χ0v) is 42.8. The summed E-state index contributed by atoms with van der Waals surface area (Å²) in [6.45, 7) is 0. The summed E-state index contributed by atoms with van der Waals surface area (Å²) in [6.07, 6.45) is 0. The Balaban J connectivity index is 0.927. The smallest absolute Gasteiger partial charge is 0.180 e. The van der Waals surface area contributed by atoms with Crippen LogP contribution in [0.5, 0.6) is 0 Å². The van der Waals surface area contributed by atoms with E-state index in [2.05, 4.69) is 290 Å². The molecule has 0 fully saturated rings. The third kappa shape index (κ3) is 7.04. The summed E-state index contributed by atoms with van der Waals surface area (Å²) >= 11 is 1.88. The van der Waals surface area contributed by atoms with Crippen molar-refractivity contribution in [2.24, 2.45) is 0 Å². The first-order valence-electron chi connectivity index (χ1n) is 25.9. The van der Waals surface area contributed by atoms with Gasteiger partial charge in [0.2, 0.25) is 0 Å². The first-order valence-corrected chi connectivity index (χ1v) is 28.7. The van der Waals surface area contributed by atoms with E-state index in [9.17, 15) is 0 Å². The van der Waals surface area contributed by atoms with Crippen molar-refractivity contribution < 1.29 is 0 Å². The molecule has 350 valence electrons. The molecular formula is C72H47NSSi. The van der Waals surface area contributed by atoms with E-state index in [1.54, 1.807) is 0 Å². The fourth-order valence-electron chi connectivity index (χ4n) is 12.3. The molecule has 0 radical (unpaired) electrons. The minimum atomic E-state index is -2.93. The minimum Gasteiger partial charge on any atom is -0.309 e. The normalized spacial score (nSPS) is 12.6. The van der Waals surface area contributed by atoms with E-state index in [1.165, 1.54) is 135 Å². The number of fused-ring (bicyclic) bond motifs is 9. The number of hydrogen-bond donors (Lipinski definition) is 0. The van der Waals surface area contributed by atoms with Gasteiger partial charge in [-0.15, -0.1) is 11.3 Å². The highest BCUT2D eigenvalue weighted by Crippen LogP contribution is 2.41. The molecule has 1 aliphatic heterocycles. The van der Waals surface area contributed by atoms with Crippen molar-refractivity contribution in [2.75, 3.05) is 0 Å². The molecule has 0 unspecified atom stereocenters. The van der Waals surface area contributed by atoms with Gasteiger partial charge in [0.15, 0.2) is 8.07 Å². The molecule has 3 heteroatoms. The lowest BCUT2D eigenvalue weighted by molar-refractivity contribution is 1.18. The number of thiophene rings is 1. The van der Waals surface area contributed by atoms with Gasteiger partial charge in [-0.3, -0.25) is 0 Å². The average molecular weight is 986 g/mol. The second kappa shape index (κ2) is 17.5. The largest absolute Gasteiger partial charge is 0.309 e. The van der Waals surface area contributed by atoms with Crippen LogP contribution in [0.2, 0.25) is 0 Å². The minimum absolute atomic E-state index is 1.17. The molecule has 0 N–H and O–H groups in total. The van der Waals surface area contributed by atoms with Crippen LogP contribution in [-0.2, 0) is 0 Å². The van der Waals surface area contributed by atoms with Crippen LogP contribution >= 0.6 is 11.3 Å². The highest BCUT2D eigenvalue weighted by molar-refractivity contribution is 7.25. The van der Waals surface area contributed by atoms with Gasteiger partial charge in [0.05, 0.1) is 11.0 Å². The van der Waals surface area contributed by atoms with Crippen molar-refractivity contribution in [3.05, 3.63) is 285 Å². The van der Waals surface area contributed by atoms with Gasteiger partial charge in [-0.2, -0.15) is 0 Å². The number of hydrogen-bond acceptors (Lipinski definition) is 1. The van der Waals surface area contributed by atoms with Gasteiger partial charge in [0.1, 0.15) is 0 Å². The molecule has 0 saturated heterocycles. The van der Waals surface area contributed by atoms with Crippen LogP contribution in [0, 0.1) is 0 Å². The Bertz CT molecular complexity index is 4300. The molecule has 0 aliphatic carbocycles. The van der Waals surface area contributed by atoms with E-state index in [0.717, 1.165) is 0 Å². The van der Waals surface area contributed by atoms with Crippen LogP contribution in [0.4, 0.5) is 0 Å². The summed E-state index contributed by atoms with van der Waals surface area (Å²) in [5.41, 5.74) is 18.4. The molecule has 14 aromatic rings. The van der Waals surface area contributed by atoms with E-state index in [4.69, 9.17) is 0 Å². The molecule has 1 aliphatic rings. The number of benzene rings is 12. The molecule has 3 heterocycles. The predicted molar refractivity (Wildman–Crippen MR) is 323 cm³/mol. The quantitative estimate of drug-likeness (QED) is 0.134. The number of aromatic nitrogens is 1. The number of rotatable bonds is 8. The molecule has 12 aromatic carbocycles. The summed E-state index contributed by atoms with van der Waals surface area (Å²) in [4.78, 5) is 0. The predicted octanol–water partition coefficient (Wildman–Crippen LogP) is 16.8. The topological polar surface area (TPSA) is 4.93 Å². The Morgan fingerprint density at radius 3 is 1.19 bits per heavy atom. The molecule has 1 nitrogen and oxygen atoms in total. The van der Waals surface area contributed by atoms with Crippen LogP contribution in [0.15, 0.2) is 285 Å². The second-order valence-corrected chi connectivity index (χ2v) is 24.8. The summed E-state index contributed by atoms with van der Waals surface area (Å²) in [7, 11) is -2.93. The molecule has 0 atom stereocenters. The van der Waals surface area contributed by atoms with Crippen LogP contribution in [0.25, 0.3) is 114 Å². The van der Waals surface area contributed by atoms with Gasteiger partial charge in [-0.1, -0.05) is 231 Å². The summed E-state index contributed by atoms with van der Waals surface area (Å²) in [5.74, 6) is 0. The fraction of sp³-hybridized carbons (Fsp3) is 0. The highest BCUT2D eigenvalue weighted by Gasteiger charge is 2.49. The Kier molecular flexibility index (Phi) is 10.2. The summed E-state index contributed by atoms with van der Waals surface area (Å²) in [6, 6.07) is 107. The Morgan fingerprint density at radius 2 is 0.627 bits per heavy atom. The third-order valence-corrected chi connectivity index (χ3v) is 21.9. The molecule has 0 saturated carbocycles. The summed E-state index contributed by atoms with van der Waals surface area (Å²) in [5, 5.41) is 10.7. The zero-order valence-electron chi connectivity index (χ0n) is 41.0. The maximum absolute atomic E-state index is 2.93. The second-order valence-electron chi connectivity index (χ2n) is 20.0. The maximum Gasteiger partial charge on any atom is 0.180 e. The monoisotopic (exact) mass is 985 g/mol. The lowest BCUT2D eigenvalue weighted by Crippen LogP contribution is -2.72. The van der Waals surface area contributed by atoms with E-state index in [1.807, 2.05) is 11.3 Å². The average Bonchev–Trinajstić information content (AvgIpc) is 4.30. The molecule has 75 heavy (non-hydrogen) atoms. The van der Waals surface area contributed by atoms with Crippen molar-refractivity contribution >= 4 is 82.1 Å². The Morgan fingerprint density at radius 1 is 0.253 bits per heavy atom. The van der Waals surface area contributed by atoms with Crippen molar-refractivity contribution in [3.8, 4) is 72.4 Å². The molecular weight excluding hydrogens is 939 g/mol. The van der Waals surface area contributed by atoms with Gasteiger partial charge in [-0.25, -0.2) is 0 Å². The Labute approximate surface area is 441 Å². The van der Waals surface area contributed by atoms with Gasteiger partial charge in [0, 0.05) is 36.6 Å². The SMILES string of the molecule is c1ccc(-c2ccc(-c3ccc4c(c3)c3cc(-c5ccc(-c6ccccc6)cc5)ccc3n4-c3ccc4c(c3)[Si](c3ccccc3)(c3ccccc3)c3cc(-c5ccc6sc7ccccc7c6c5)ccc3-4)cc2)cc1. The molecule has 0 amide bonds. The van der Waals surface area contributed by atoms with Crippen LogP contribution in [0.1, 0.15) is 0 Å². The first-order chi connectivity index (χ1) is 37.2. The lowest BCUT2D eigenvalue weighted by atomic mass is 9.97. The van der Waals surface area contributed by atoms with E-state index >= 15 is 0 Å². The standard InChI is InChI=1S/C72H47NSSi/c1-5-15-48(16-6-1)50-25-29-52(30-26-50)54-34-40-67-64(43-54)65-44-55(53-31-27-51(28-32-53)49-17-7-2-8-18-49)35-41-68(65)73(67)58-37-39-63-62-38-33-57(56-36-42-70-66(45-56)61-23-13-14-24-69(61)74-70)46-71(62)75(72(63)47-58,59-19-9-3-10-20-59)60-21-11-4-12-22-60/h1-47H. The van der Waals surface area contributed by atoms with Gasteiger partial charge in [0.25, 0.3) is 0 Å². The maximum atomic E-state index is 2.57. The molecule has 15 rings (SSSR count). The molecule has 2 aromatic heterocycles. The first kappa shape index (κ1) is 43.5. The van der Waals surface area contributed by atoms with Crippen molar-refractivity contribution in [2.45, 2.75) is 0 Å². The van der Waals surface area contributed by atoms with Gasteiger partial charge in [-0.05, 0) is 142 Å².